The van der Waals surface area contributed by atoms with Crippen LogP contribution in [0.2, 0.25) is 5.02 Å². The summed E-state index contributed by atoms with van der Waals surface area (Å²) in [5.41, 5.74) is 7.48. The average Bonchev–Trinajstić information content (AvgIpc) is 2.86. The van der Waals surface area contributed by atoms with E-state index in [1.54, 1.807) is 30.3 Å². The molecule has 0 atom stereocenters. The van der Waals surface area contributed by atoms with Crippen LogP contribution in [-0.4, -0.2) is 11.8 Å². The number of carbonyl (C=O) groups excluding carboxylic acids is 2. The number of hydrogen-bond donors (Lipinski definition) is 2. The van der Waals surface area contributed by atoms with Crippen molar-refractivity contribution in [3.05, 3.63) is 64.4 Å². The van der Waals surface area contributed by atoms with Crippen molar-refractivity contribution in [2.75, 3.05) is 5.32 Å². The highest BCUT2D eigenvalue weighted by atomic mass is 35.5. The molecular formula is C17H13ClN2O3. The Bertz CT molecular complexity index is 913. The predicted molar refractivity (Wildman–Crippen MR) is 88.9 cm³/mol. The highest BCUT2D eigenvalue weighted by Gasteiger charge is 2.21. The largest absolute Gasteiger partial charge is 0.449 e. The van der Waals surface area contributed by atoms with Crippen LogP contribution in [-0.2, 0) is 0 Å². The fraction of sp³-hybridized carbons (Fsp3) is 0.0588. The van der Waals surface area contributed by atoms with Crippen LogP contribution < -0.4 is 11.1 Å². The van der Waals surface area contributed by atoms with Crippen molar-refractivity contribution < 1.29 is 14.0 Å². The number of halogens is 1. The maximum Gasteiger partial charge on any atom is 0.286 e. The summed E-state index contributed by atoms with van der Waals surface area (Å²) < 4.78 is 5.42. The van der Waals surface area contributed by atoms with Crippen LogP contribution in [0.1, 0.15) is 26.5 Å². The lowest BCUT2D eigenvalue weighted by atomic mass is 10.1. The molecule has 0 saturated heterocycles. The summed E-state index contributed by atoms with van der Waals surface area (Å²) >= 11 is 5.98. The Morgan fingerprint density at radius 2 is 1.83 bits per heavy atom. The fourth-order valence-electron chi connectivity index (χ4n) is 2.26. The zero-order valence-corrected chi connectivity index (χ0v) is 13.0. The van der Waals surface area contributed by atoms with Crippen molar-refractivity contribution >= 4 is 40.1 Å². The molecule has 0 fully saturated rings. The second-order valence-corrected chi connectivity index (χ2v) is 5.57. The second kappa shape index (κ2) is 5.78. The molecular weight excluding hydrogens is 316 g/mol. The van der Waals surface area contributed by atoms with E-state index in [0.29, 0.717) is 21.6 Å². The van der Waals surface area contributed by atoms with Gasteiger partial charge in [-0.1, -0.05) is 29.3 Å². The topological polar surface area (TPSA) is 85.3 Å². The molecule has 23 heavy (non-hydrogen) atoms. The molecule has 1 heterocycles. The Morgan fingerprint density at radius 1 is 1.13 bits per heavy atom. The smallest absolute Gasteiger partial charge is 0.286 e. The van der Waals surface area contributed by atoms with Gasteiger partial charge in [0.15, 0.2) is 0 Å². The van der Waals surface area contributed by atoms with Crippen molar-refractivity contribution in [2.45, 2.75) is 6.92 Å². The second-order valence-electron chi connectivity index (χ2n) is 5.13. The molecule has 0 bridgehead atoms. The Balaban J connectivity index is 2.05. The molecule has 2 aromatic carbocycles. The molecule has 6 heteroatoms. The van der Waals surface area contributed by atoms with Gasteiger partial charge in [-0.3, -0.25) is 9.59 Å². The van der Waals surface area contributed by atoms with Gasteiger partial charge in [-0.2, -0.15) is 0 Å². The molecule has 0 aliphatic heterocycles. The summed E-state index contributed by atoms with van der Waals surface area (Å²) in [6.45, 7) is 1.93. The van der Waals surface area contributed by atoms with Gasteiger partial charge in [-0.05, 0) is 37.3 Å². The van der Waals surface area contributed by atoms with E-state index in [-0.39, 0.29) is 17.4 Å². The van der Waals surface area contributed by atoms with Crippen LogP contribution >= 0.6 is 11.6 Å². The van der Waals surface area contributed by atoms with Gasteiger partial charge in [0.2, 0.25) is 5.76 Å². The van der Waals surface area contributed by atoms with Crippen molar-refractivity contribution in [1.82, 2.24) is 0 Å². The molecule has 3 aromatic rings. The van der Waals surface area contributed by atoms with E-state index in [1.807, 2.05) is 19.1 Å². The Kier molecular flexibility index (Phi) is 3.80. The number of amides is 2. The van der Waals surface area contributed by atoms with E-state index in [0.717, 1.165) is 5.56 Å². The minimum Gasteiger partial charge on any atom is -0.449 e. The van der Waals surface area contributed by atoms with Crippen LogP contribution in [0.15, 0.2) is 46.9 Å². The van der Waals surface area contributed by atoms with Crippen LogP contribution in [0.25, 0.3) is 11.0 Å². The SMILES string of the molecule is Cc1ccc(C(=O)Nc2c(C(N)=O)oc3ccc(Cl)cc23)cc1. The molecule has 2 amide bonds. The van der Waals surface area contributed by atoms with Gasteiger partial charge in [0.25, 0.3) is 11.8 Å². The van der Waals surface area contributed by atoms with Crippen LogP contribution in [0, 0.1) is 6.92 Å². The lowest BCUT2D eigenvalue weighted by molar-refractivity contribution is 0.0977. The first-order chi connectivity index (χ1) is 11.0. The summed E-state index contributed by atoms with van der Waals surface area (Å²) in [5, 5.41) is 3.66. The summed E-state index contributed by atoms with van der Waals surface area (Å²) in [7, 11) is 0. The molecule has 1 aromatic heterocycles. The van der Waals surface area contributed by atoms with Gasteiger partial charge in [0.1, 0.15) is 11.3 Å². The molecule has 0 unspecified atom stereocenters. The number of benzene rings is 2. The monoisotopic (exact) mass is 328 g/mol. The number of carbonyl (C=O) groups is 2. The number of aryl methyl sites for hydroxylation is 1. The number of fused-ring (bicyclic) bond motifs is 1. The molecule has 0 aliphatic rings. The molecule has 5 nitrogen and oxygen atoms in total. The van der Waals surface area contributed by atoms with Crippen LogP contribution in [0.5, 0.6) is 0 Å². The third-order valence-electron chi connectivity index (χ3n) is 3.43. The van der Waals surface area contributed by atoms with Crippen LogP contribution in [0.4, 0.5) is 5.69 Å². The lowest BCUT2D eigenvalue weighted by Gasteiger charge is -2.05. The third kappa shape index (κ3) is 2.91. The van der Waals surface area contributed by atoms with Gasteiger partial charge in [0.05, 0.1) is 0 Å². The Morgan fingerprint density at radius 3 is 2.48 bits per heavy atom. The number of anilines is 1. The number of rotatable bonds is 3. The first-order valence-electron chi connectivity index (χ1n) is 6.85. The standard InChI is InChI=1S/C17H13ClN2O3/c1-9-2-4-10(5-3-9)17(22)20-14-12-8-11(18)6-7-13(12)23-15(14)16(19)21/h2-8H,1H3,(H2,19,21)(H,20,22). The molecule has 0 radical (unpaired) electrons. The quantitative estimate of drug-likeness (QED) is 0.767. The number of primary amides is 1. The number of hydrogen-bond acceptors (Lipinski definition) is 3. The van der Waals surface area contributed by atoms with E-state index in [1.165, 1.54) is 0 Å². The zero-order chi connectivity index (χ0) is 16.6. The van der Waals surface area contributed by atoms with E-state index in [9.17, 15) is 9.59 Å². The normalized spacial score (nSPS) is 10.7. The molecule has 116 valence electrons. The van der Waals surface area contributed by atoms with E-state index < -0.39 is 5.91 Å². The van der Waals surface area contributed by atoms with Crippen LogP contribution in [0.3, 0.4) is 0 Å². The van der Waals surface area contributed by atoms with Crippen molar-refractivity contribution in [3.63, 3.8) is 0 Å². The van der Waals surface area contributed by atoms with Gasteiger partial charge in [-0.15, -0.1) is 0 Å². The first kappa shape index (κ1) is 15.1. The van der Waals surface area contributed by atoms with Gasteiger partial charge in [0, 0.05) is 16.0 Å². The Hall–Kier alpha value is -2.79. The number of furan rings is 1. The van der Waals surface area contributed by atoms with Crippen molar-refractivity contribution in [2.24, 2.45) is 5.73 Å². The minimum absolute atomic E-state index is 0.109. The Labute approximate surface area is 137 Å². The summed E-state index contributed by atoms with van der Waals surface area (Å²) in [6.07, 6.45) is 0. The maximum absolute atomic E-state index is 12.4. The first-order valence-corrected chi connectivity index (χ1v) is 7.23. The van der Waals surface area contributed by atoms with E-state index in [4.69, 9.17) is 21.8 Å². The van der Waals surface area contributed by atoms with Gasteiger partial charge >= 0.3 is 0 Å². The predicted octanol–water partition coefficient (Wildman–Crippen LogP) is 3.75. The summed E-state index contributed by atoms with van der Waals surface area (Å²) in [4.78, 5) is 24.0. The fourth-order valence-corrected chi connectivity index (χ4v) is 2.43. The molecule has 0 spiro atoms. The molecule has 0 aliphatic carbocycles. The highest BCUT2D eigenvalue weighted by Crippen LogP contribution is 2.33. The highest BCUT2D eigenvalue weighted by molar-refractivity contribution is 6.31. The zero-order valence-electron chi connectivity index (χ0n) is 12.2. The molecule has 3 N–H and O–H groups in total. The summed E-state index contributed by atoms with van der Waals surface area (Å²) in [6, 6.07) is 11.9. The van der Waals surface area contributed by atoms with Gasteiger partial charge < -0.3 is 15.5 Å². The minimum atomic E-state index is -0.767. The lowest BCUT2D eigenvalue weighted by Crippen LogP contribution is -2.17. The average molecular weight is 329 g/mol. The van der Waals surface area contributed by atoms with E-state index >= 15 is 0 Å². The summed E-state index contributed by atoms with van der Waals surface area (Å²) in [5.74, 6) is -1.24. The third-order valence-corrected chi connectivity index (χ3v) is 3.66. The number of nitrogens with two attached hydrogens (primary N) is 1. The molecule has 0 saturated carbocycles. The maximum atomic E-state index is 12.4. The van der Waals surface area contributed by atoms with Crippen molar-refractivity contribution in [3.8, 4) is 0 Å². The van der Waals surface area contributed by atoms with Crippen molar-refractivity contribution in [1.29, 1.82) is 0 Å². The van der Waals surface area contributed by atoms with E-state index in [2.05, 4.69) is 5.32 Å². The number of nitrogens with one attached hydrogen (secondary N) is 1. The molecule has 3 rings (SSSR count). The van der Waals surface area contributed by atoms with Gasteiger partial charge in [-0.25, -0.2) is 0 Å².